The number of aliphatic hydroxyl groups is 2. The fourth-order valence-corrected chi connectivity index (χ4v) is 4.86. The zero-order valence-corrected chi connectivity index (χ0v) is 29.4. The van der Waals surface area contributed by atoms with Crippen molar-refractivity contribution in [2.45, 2.75) is 25.0 Å². The molecule has 0 saturated heterocycles. The van der Waals surface area contributed by atoms with E-state index in [4.69, 9.17) is 31.8 Å². The van der Waals surface area contributed by atoms with Crippen LogP contribution in [0.5, 0.6) is 0 Å². The van der Waals surface area contributed by atoms with Crippen molar-refractivity contribution in [1.82, 2.24) is 0 Å². The van der Waals surface area contributed by atoms with Crippen LogP contribution >= 0.6 is 0 Å². The Morgan fingerprint density at radius 2 is 0.889 bits per heavy atom. The Balaban J connectivity index is 1.07. The fourth-order valence-electron chi connectivity index (χ4n) is 4.86. The highest BCUT2D eigenvalue weighted by molar-refractivity contribution is 6.11. The molecule has 0 bridgehead atoms. The Hall–Kier alpha value is -6.28. The third-order valence-electron chi connectivity index (χ3n) is 7.66. The number of esters is 2. The number of aliphatic hydroxyl groups excluding tert-OH is 2. The van der Waals surface area contributed by atoms with E-state index in [1.165, 1.54) is 24.3 Å². The van der Waals surface area contributed by atoms with E-state index in [9.17, 15) is 29.4 Å². The predicted octanol–water partition coefficient (Wildman–Crippen LogP) is 4.70. The molecule has 0 radical (unpaired) electrons. The zero-order valence-electron chi connectivity index (χ0n) is 29.4. The van der Waals surface area contributed by atoms with Gasteiger partial charge in [-0.3, -0.25) is 9.59 Å². The summed E-state index contributed by atoms with van der Waals surface area (Å²) < 4.78 is 21.4. The highest BCUT2D eigenvalue weighted by Gasteiger charge is 2.21. The summed E-state index contributed by atoms with van der Waals surface area (Å²) in [4.78, 5) is 51.1. The lowest BCUT2D eigenvalue weighted by atomic mass is 10.1. The Morgan fingerprint density at radius 1 is 0.537 bits per heavy atom. The molecule has 4 aromatic rings. The largest absolute Gasteiger partial charge is 0.459 e. The molecule has 4 N–H and O–H groups in total. The van der Waals surface area contributed by atoms with Gasteiger partial charge in [0.1, 0.15) is 25.4 Å². The van der Waals surface area contributed by atoms with Gasteiger partial charge in [-0.2, -0.15) is 0 Å². The monoisotopic (exact) mass is 732 g/mol. The zero-order chi connectivity index (χ0) is 38.7. The van der Waals surface area contributed by atoms with Gasteiger partial charge in [0.2, 0.25) is 0 Å². The van der Waals surface area contributed by atoms with Crippen LogP contribution in [0.15, 0.2) is 97.1 Å². The van der Waals surface area contributed by atoms with Crippen LogP contribution in [-0.4, -0.2) is 85.8 Å². The number of anilines is 2. The van der Waals surface area contributed by atoms with Crippen LogP contribution in [0.1, 0.15) is 65.4 Å². The lowest BCUT2D eigenvalue weighted by molar-refractivity contribution is -0.0183. The van der Waals surface area contributed by atoms with Gasteiger partial charge in [-0.05, 0) is 85.6 Å². The van der Waals surface area contributed by atoms with Crippen molar-refractivity contribution in [2.24, 2.45) is 0 Å². The van der Waals surface area contributed by atoms with Crippen LogP contribution in [0.3, 0.4) is 0 Å². The molecule has 4 rings (SSSR count). The van der Waals surface area contributed by atoms with Crippen molar-refractivity contribution in [3.8, 4) is 24.7 Å². The minimum Gasteiger partial charge on any atom is -0.459 e. The first kappa shape index (κ1) is 40.5. The van der Waals surface area contributed by atoms with Gasteiger partial charge < -0.3 is 39.8 Å². The van der Waals surface area contributed by atoms with Crippen molar-refractivity contribution in [2.75, 3.05) is 50.3 Å². The molecule has 2 atom stereocenters. The molecule has 0 aromatic heterocycles. The molecule has 0 aliphatic carbocycles. The summed E-state index contributed by atoms with van der Waals surface area (Å²) in [5.74, 6) is 2.44. The van der Waals surface area contributed by atoms with Crippen molar-refractivity contribution in [3.63, 3.8) is 0 Å². The lowest BCUT2D eigenvalue weighted by Crippen LogP contribution is -2.25. The lowest BCUT2D eigenvalue weighted by Gasteiger charge is -2.14. The van der Waals surface area contributed by atoms with Crippen molar-refractivity contribution in [1.29, 1.82) is 0 Å². The number of carbonyl (C=O) groups is 4. The van der Waals surface area contributed by atoms with Gasteiger partial charge in [-0.25, -0.2) is 9.59 Å². The summed E-state index contributed by atoms with van der Waals surface area (Å²) in [7, 11) is 0. The first-order valence-electron chi connectivity index (χ1n) is 17.0. The van der Waals surface area contributed by atoms with E-state index in [1.807, 2.05) is 0 Å². The maximum atomic E-state index is 12.8. The molecular formula is C42H40N2O10. The van der Waals surface area contributed by atoms with E-state index in [2.05, 4.69) is 22.5 Å². The number of ether oxygens (including phenoxy) is 4. The predicted molar refractivity (Wildman–Crippen MR) is 201 cm³/mol. The Bertz CT molecular complexity index is 1820. The first-order valence-corrected chi connectivity index (χ1v) is 17.0. The van der Waals surface area contributed by atoms with Crippen LogP contribution in [-0.2, 0) is 18.9 Å². The van der Waals surface area contributed by atoms with Crippen molar-refractivity contribution >= 4 is 35.1 Å². The summed E-state index contributed by atoms with van der Waals surface area (Å²) in [6, 6.07) is 25.7. The fraction of sp³-hybridized carbons (Fsp3) is 0.238. The number of unbranched alkanes of at least 4 members (excludes halogenated alkanes) is 1. The van der Waals surface area contributed by atoms with Gasteiger partial charge in [0.25, 0.3) is 11.8 Å². The van der Waals surface area contributed by atoms with Crippen LogP contribution in [0.4, 0.5) is 11.4 Å². The molecule has 0 heterocycles. The molecule has 2 amide bonds. The third kappa shape index (κ3) is 12.7. The summed E-state index contributed by atoms with van der Waals surface area (Å²) in [6.45, 7) is -0.257. The van der Waals surface area contributed by atoms with E-state index in [1.54, 1.807) is 72.8 Å². The molecule has 0 saturated carbocycles. The van der Waals surface area contributed by atoms with E-state index in [0.29, 0.717) is 48.6 Å². The second kappa shape index (κ2) is 21.3. The molecule has 0 aliphatic rings. The molecule has 0 spiro atoms. The van der Waals surface area contributed by atoms with Crippen LogP contribution in [0, 0.1) is 24.7 Å². The Labute approximate surface area is 313 Å². The molecule has 12 nitrogen and oxygen atoms in total. The molecular weight excluding hydrogens is 692 g/mol. The summed E-state index contributed by atoms with van der Waals surface area (Å²) in [5, 5.41) is 25.9. The number of amides is 2. The number of rotatable bonds is 19. The minimum atomic E-state index is -1.09. The number of carbonyl (C=O) groups excluding carboxylic acids is 4. The first-order chi connectivity index (χ1) is 26.2. The van der Waals surface area contributed by atoms with Crippen molar-refractivity contribution < 1.29 is 48.3 Å². The quantitative estimate of drug-likeness (QED) is 0.0602. The molecule has 0 aliphatic heterocycles. The second-order valence-corrected chi connectivity index (χ2v) is 11.8. The van der Waals surface area contributed by atoms with Gasteiger partial charge >= 0.3 is 11.9 Å². The maximum Gasteiger partial charge on any atom is 0.339 e. The molecule has 12 heteroatoms. The number of benzene rings is 4. The van der Waals surface area contributed by atoms with Gasteiger partial charge in [0, 0.05) is 35.7 Å². The highest BCUT2D eigenvalue weighted by Crippen LogP contribution is 2.17. The Morgan fingerprint density at radius 3 is 1.24 bits per heavy atom. The number of hydrogen-bond donors (Lipinski definition) is 4. The van der Waals surface area contributed by atoms with E-state index >= 15 is 0 Å². The second-order valence-electron chi connectivity index (χ2n) is 11.8. The molecule has 4 aromatic carbocycles. The summed E-state index contributed by atoms with van der Waals surface area (Å²) in [6.07, 6.45) is 9.71. The van der Waals surface area contributed by atoms with Crippen LogP contribution < -0.4 is 10.6 Å². The van der Waals surface area contributed by atoms with E-state index < -0.39 is 36.0 Å². The SMILES string of the molecule is C#Cc1ccc(NC(=O)c2ccccc2C(=O)OCC(O)COCCCCOCC(O)COC(=O)c2ccccc2C(=O)Nc2ccc(C#C)cc2)cc1. The summed E-state index contributed by atoms with van der Waals surface area (Å²) in [5.41, 5.74) is 2.64. The van der Waals surface area contributed by atoms with Gasteiger partial charge in [0.05, 0.1) is 35.5 Å². The number of nitrogens with one attached hydrogen (secondary N) is 2. The van der Waals surface area contributed by atoms with Crippen LogP contribution in [0.25, 0.3) is 0 Å². The Kier molecular flexibility index (Phi) is 16.0. The standard InChI is InChI=1S/C42H40N2O10/c1-3-29-15-19-31(20-16-29)43-39(47)35-11-5-7-13-37(35)41(49)53-27-33(45)25-51-23-9-10-24-52-26-34(46)28-54-42(50)38-14-8-6-12-36(38)40(48)44-32-21-17-30(4-2)18-22-32/h1-2,5-8,11-22,33-34,45-46H,9-10,23-28H2,(H,43,47)(H,44,48). The normalized spacial score (nSPS) is 11.6. The van der Waals surface area contributed by atoms with Crippen LogP contribution in [0.2, 0.25) is 0 Å². The molecule has 278 valence electrons. The van der Waals surface area contributed by atoms with E-state index in [0.717, 1.165) is 0 Å². The van der Waals surface area contributed by atoms with Gasteiger partial charge in [-0.1, -0.05) is 36.1 Å². The molecule has 2 unspecified atom stereocenters. The average molecular weight is 733 g/mol. The topological polar surface area (TPSA) is 170 Å². The number of hydrogen-bond acceptors (Lipinski definition) is 10. The highest BCUT2D eigenvalue weighted by atomic mass is 16.6. The molecule has 54 heavy (non-hydrogen) atoms. The average Bonchev–Trinajstić information content (AvgIpc) is 3.20. The van der Waals surface area contributed by atoms with Crippen molar-refractivity contribution in [3.05, 3.63) is 130 Å². The third-order valence-corrected chi connectivity index (χ3v) is 7.66. The van der Waals surface area contributed by atoms with Gasteiger partial charge in [0.15, 0.2) is 0 Å². The van der Waals surface area contributed by atoms with E-state index in [-0.39, 0.29) is 48.7 Å². The maximum absolute atomic E-state index is 12.8. The minimum absolute atomic E-state index is 0.0429. The smallest absolute Gasteiger partial charge is 0.339 e. The molecule has 0 fully saturated rings. The number of terminal acetylenes is 2. The summed E-state index contributed by atoms with van der Waals surface area (Å²) >= 11 is 0. The van der Waals surface area contributed by atoms with Gasteiger partial charge in [-0.15, -0.1) is 12.8 Å².